The first-order valence-electron chi connectivity index (χ1n) is 7.17. The Morgan fingerprint density at radius 2 is 1.74 bits per heavy atom. The first kappa shape index (κ1) is 17.4. The van der Waals surface area contributed by atoms with Crippen LogP contribution in [0.2, 0.25) is 0 Å². The maximum Gasteiger partial charge on any atom is 0.210 e. The summed E-state index contributed by atoms with van der Waals surface area (Å²) in [6, 6.07) is 6.28. The molecule has 0 unspecified atom stereocenters. The third kappa shape index (κ3) is 3.07. The van der Waals surface area contributed by atoms with Crippen LogP contribution in [0.3, 0.4) is 0 Å². The van der Waals surface area contributed by atoms with Gasteiger partial charge in [0.1, 0.15) is 16.5 Å². The number of benzene rings is 1. The van der Waals surface area contributed by atoms with Gasteiger partial charge in [0.25, 0.3) is 0 Å². The van der Waals surface area contributed by atoms with Gasteiger partial charge in [-0.15, -0.1) is 0 Å². The number of nitrogens with zero attached hydrogens (tertiary/aromatic N) is 1. The minimum atomic E-state index is -3.69. The van der Waals surface area contributed by atoms with E-state index in [4.69, 9.17) is 15.2 Å². The zero-order valence-electron chi connectivity index (χ0n) is 13.8. The molecule has 0 aliphatic heterocycles. The third-order valence-electron chi connectivity index (χ3n) is 3.97. The Kier molecular flexibility index (Phi) is 5.01. The summed E-state index contributed by atoms with van der Waals surface area (Å²) in [5, 5.41) is 0. The summed E-state index contributed by atoms with van der Waals surface area (Å²) >= 11 is 0. The number of rotatable bonds is 6. The number of methoxy groups -OCH3 is 2. The van der Waals surface area contributed by atoms with E-state index in [2.05, 4.69) is 0 Å². The third-order valence-corrected chi connectivity index (χ3v) is 5.91. The van der Waals surface area contributed by atoms with Crippen LogP contribution in [0.25, 0.3) is 0 Å². The molecule has 0 atom stereocenters. The smallest absolute Gasteiger partial charge is 0.210 e. The van der Waals surface area contributed by atoms with Gasteiger partial charge in [-0.05, 0) is 43.7 Å². The largest absolute Gasteiger partial charge is 0.497 e. The van der Waals surface area contributed by atoms with Crippen LogP contribution in [-0.2, 0) is 21.1 Å². The highest BCUT2D eigenvalue weighted by molar-refractivity contribution is 7.91. The molecule has 23 heavy (non-hydrogen) atoms. The quantitative estimate of drug-likeness (QED) is 0.873. The van der Waals surface area contributed by atoms with Gasteiger partial charge in [-0.25, -0.2) is 8.42 Å². The zero-order valence-corrected chi connectivity index (χ0v) is 14.6. The Labute approximate surface area is 136 Å². The van der Waals surface area contributed by atoms with Gasteiger partial charge in [0.15, 0.2) is 0 Å². The van der Waals surface area contributed by atoms with Crippen molar-refractivity contribution < 1.29 is 17.9 Å². The lowest BCUT2D eigenvalue weighted by atomic mass is 10.3. The van der Waals surface area contributed by atoms with E-state index in [1.165, 1.54) is 19.2 Å². The van der Waals surface area contributed by atoms with Gasteiger partial charge in [0, 0.05) is 19.3 Å². The number of hydrogen-bond donors (Lipinski definition) is 1. The molecule has 0 aliphatic carbocycles. The summed E-state index contributed by atoms with van der Waals surface area (Å²) in [6.07, 6.45) is 0. The van der Waals surface area contributed by atoms with Gasteiger partial charge < -0.3 is 19.8 Å². The van der Waals surface area contributed by atoms with E-state index >= 15 is 0 Å². The Bertz CT molecular complexity index is 792. The molecule has 0 saturated heterocycles. The summed E-state index contributed by atoms with van der Waals surface area (Å²) < 4.78 is 37.8. The highest BCUT2D eigenvalue weighted by Gasteiger charge is 2.28. The van der Waals surface area contributed by atoms with Crippen LogP contribution in [0.4, 0.5) is 5.82 Å². The molecular weight excluding hydrogens is 316 g/mol. The fourth-order valence-electron chi connectivity index (χ4n) is 2.54. The second kappa shape index (κ2) is 6.64. The van der Waals surface area contributed by atoms with Gasteiger partial charge in [0.2, 0.25) is 9.84 Å². The van der Waals surface area contributed by atoms with E-state index in [-0.39, 0.29) is 15.6 Å². The molecular formula is C16H22N2O4S. The molecule has 2 aromatic rings. The van der Waals surface area contributed by atoms with E-state index in [1.807, 2.05) is 6.92 Å². The van der Waals surface area contributed by atoms with Crippen molar-refractivity contribution in [3.05, 3.63) is 35.5 Å². The highest BCUT2D eigenvalue weighted by atomic mass is 32.2. The monoisotopic (exact) mass is 338 g/mol. The lowest BCUT2D eigenvalue weighted by Gasteiger charge is -2.09. The molecule has 6 nitrogen and oxygen atoms in total. The van der Waals surface area contributed by atoms with Crippen LogP contribution >= 0.6 is 0 Å². The molecule has 0 radical (unpaired) electrons. The molecule has 7 heteroatoms. The zero-order chi connectivity index (χ0) is 17.2. The second-order valence-corrected chi connectivity index (χ2v) is 7.13. The number of sulfone groups is 1. The van der Waals surface area contributed by atoms with Crippen LogP contribution in [0.1, 0.15) is 11.3 Å². The molecule has 1 aromatic heterocycles. The van der Waals surface area contributed by atoms with Crippen molar-refractivity contribution in [3.63, 3.8) is 0 Å². The molecule has 126 valence electrons. The summed E-state index contributed by atoms with van der Waals surface area (Å²) in [5.74, 6) is 0.843. The van der Waals surface area contributed by atoms with Crippen molar-refractivity contribution in [1.29, 1.82) is 0 Å². The van der Waals surface area contributed by atoms with Crippen molar-refractivity contribution in [2.45, 2.75) is 30.2 Å². The van der Waals surface area contributed by atoms with Crippen LogP contribution in [0, 0.1) is 13.8 Å². The van der Waals surface area contributed by atoms with E-state index in [0.717, 1.165) is 5.69 Å². The molecule has 1 aromatic carbocycles. The van der Waals surface area contributed by atoms with Crippen molar-refractivity contribution in [1.82, 2.24) is 4.57 Å². The average Bonchev–Trinajstić information content (AvgIpc) is 2.75. The summed E-state index contributed by atoms with van der Waals surface area (Å²) in [4.78, 5) is 0.355. The van der Waals surface area contributed by atoms with Crippen molar-refractivity contribution in [2.24, 2.45) is 0 Å². The number of anilines is 1. The molecule has 0 fully saturated rings. The Morgan fingerprint density at radius 3 is 2.26 bits per heavy atom. The molecule has 0 aliphatic rings. The van der Waals surface area contributed by atoms with Gasteiger partial charge in [-0.2, -0.15) is 0 Å². The van der Waals surface area contributed by atoms with Crippen molar-refractivity contribution in [3.8, 4) is 5.75 Å². The van der Waals surface area contributed by atoms with E-state index in [9.17, 15) is 8.42 Å². The second-order valence-electron chi connectivity index (χ2n) is 5.25. The van der Waals surface area contributed by atoms with Crippen molar-refractivity contribution >= 4 is 15.7 Å². The standard InChI is InChI=1S/C16H22N2O4S/c1-11-12(2)18(9-10-21-3)16(17)15(11)23(19,20)14-7-5-13(22-4)6-8-14/h5-8H,9-10,17H2,1-4H3. The topological polar surface area (TPSA) is 83.5 Å². The number of ether oxygens (including phenoxy) is 2. The molecule has 0 amide bonds. The molecule has 0 spiro atoms. The molecule has 2 N–H and O–H groups in total. The summed E-state index contributed by atoms with van der Waals surface area (Å²) in [5.41, 5.74) is 7.62. The van der Waals surface area contributed by atoms with Gasteiger partial charge >= 0.3 is 0 Å². The first-order chi connectivity index (χ1) is 10.8. The summed E-state index contributed by atoms with van der Waals surface area (Å²) in [6.45, 7) is 4.59. The predicted molar refractivity (Wildman–Crippen MR) is 88.6 cm³/mol. The highest BCUT2D eigenvalue weighted by Crippen LogP contribution is 2.33. The van der Waals surface area contributed by atoms with Crippen LogP contribution < -0.4 is 10.5 Å². The molecule has 2 rings (SSSR count). The lowest BCUT2D eigenvalue weighted by Crippen LogP contribution is -2.11. The average molecular weight is 338 g/mol. The van der Waals surface area contributed by atoms with E-state index in [1.54, 1.807) is 30.7 Å². The van der Waals surface area contributed by atoms with E-state index < -0.39 is 9.84 Å². The molecule has 0 saturated carbocycles. The minimum absolute atomic E-state index is 0.163. The van der Waals surface area contributed by atoms with Crippen LogP contribution in [0.5, 0.6) is 5.75 Å². The summed E-state index contributed by atoms with van der Waals surface area (Å²) in [7, 11) is -0.567. The minimum Gasteiger partial charge on any atom is -0.497 e. The van der Waals surface area contributed by atoms with Gasteiger partial charge in [0.05, 0.1) is 18.6 Å². The predicted octanol–water partition coefficient (Wildman–Crippen LogP) is 2.17. The normalized spacial score (nSPS) is 11.7. The first-order valence-corrected chi connectivity index (χ1v) is 8.66. The Morgan fingerprint density at radius 1 is 1.13 bits per heavy atom. The molecule has 0 bridgehead atoms. The number of aromatic nitrogens is 1. The fraction of sp³-hybridized carbons (Fsp3) is 0.375. The van der Waals surface area contributed by atoms with Crippen LogP contribution in [-0.4, -0.2) is 33.8 Å². The number of nitrogens with two attached hydrogens (primary N) is 1. The Balaban J connectivity index is 2.55. The van der Waals surface area contributed by atoms with Gasteiger partial charge in [-0.3, -0.25) is 0 Å². The van der Waals surface area contributed by atoms with Crippen molar-refractivity contribution in [2.75, 3.05) is 26.6 Å². The maximum atomic E-state index is 12.9. The lowest BCUT2D eigenvalue weighted by molar-refractivity contribution is 0.187. The number of nitrogen functional groups attached to an aromatic ring is 1. The van der Waals surface area contributed by atoms with Gasteiger partial charge in [-0.1, -0.05) is 0 Å². The Hall–Kier alpha value is -1.99. The maximum absolute atomic E-state index is 12.9. The van der Waals surface area contributed by atoms with Crippen LogP contribution in [0.15, 0.2) is 34.1 Å². The SMILES string of the molecule is COCCn1c(C)c(C)c(S(=O)(=O)c2ccc(OC)cc2)c1N. The fourth-order valence-corrected chi connectivity index (χ4v) is 4.21. The molecule has 1 heterocycles. The number of hydrogen-bond acceptors (Lipinski definition) is 5. The van der Waals surface area contributed by atoms with E-state index in [0.29, 0.717) is 24.5 Å².